The Morgan fingerprint density at radius 1 is 1.47 bits per heavy atom. The Morgan fingerprint density at radius 2 is 2.24 bits per heavy atom. The minimum atomic E-state index is -0.563. The van der Waals surface area contributed by atoms with E-state index in [1.54, 1.807) is 31.4 Å². The van der Waals surface area contributed by atoms with Crippen LogP contribution in [0.4, 0.5) is 0 Å². The summed E-state index contributed by atoms with van der Waals surface area (Å²) in [4.78, 5) is 25.5. The Labute approximate surface area is 99.3 Å². The molecule has 1 aliphatic rings. The molecule has 17 heavy (non-hydrogen) atoms. The molecule has 0 spiro atoms. The summed E-state index contributed by atoms with van der Waals surface area (Å²) in [5, 5.41) is 0. The number of rotatable bonds is 4. The second-order valence-electron chi connectivity index (χ2n) is 4.16. The molecule has 0 N–H and O–H groups in total. The van der Waals surface area contributed by atoms with Gasteiger partial charge < -0.3 is 4.74 Å². The first-order chi connectivity index (χ1) is 8.25. The highest BCUT2D eigenvalue weighted by Gasteiger charge is 2.40. The van der Waals surface area contributed by atoms with Gasteiger partial charge in [0.1, 0.15) is 12.0 Å². The minimum Gasteiger partial charge on any atom is -0.497 e. The summed E-state index contributed by atoms with van der Waals surface area (Å²) in [6, 6.07) is 5.20. The summed E-state index contributed by atoms with van der Waals surface area (Å²) in [6.07, 6.45) is 4.95. The molecule has 0 aromatic heterocycles. The van der Waals surface area contributed by atoms with Crippen LogP contribution in [0.2, 0.25) is 0 Å². The van der Waals surface area contributed by atoms with Gasteiger partial charge in [0.2, 0.25) is 6.08 Å². The van der Waals surface area contributed by atoms with E-state index in [4.69, 9.17) is 4.74 Å². The zero-order valence-electron chi connectivity index (χ0n) is 9.60. The number of ether oxygens (including phenoxy) is 1. The van der Waals surface area contributed by atoms with Gasteiger partial charge in [-0.3, -0.25) is 4.79 Å². The van der Waals surface area contributed by atoms with Crippen molar-refractivity contribution in [3.05, 3.63) is 29.3 Å². The smallest absolute Gasteiger partial charge is 0.235 e. The fraction of sp³-hybridized carbons (Fsp3) is 0.385. The Balaban J connectivity index is 2.54. The number of isocyanates is 1. The summed E-state index contributed by atoms with van der Waals surface area (Å²) < 4.78 is 5.14. The first-order valence-corrected chi connectivity index (χ1v) is 5.48. The lowest BCUT2D eigenvalue weighted by molar-refractivity contribution is 0.111. The van der Waals surface area contributed by atoms with Crippen LogP contribution in [0.5, 0.6) is 5.75 Å². The lowest BCUT2D eigenvalue weighted by atomic mass is 9.71. The van der Waals surface area contributed by atoms with Crippen molar-refractivity contribution in [3.8, 4) is 5.75 Å². The van der Waals surface area contributed by atoms with Crippen molar-refractivity contribution in [2.45, 2.75) is 24.8 Å². The first-order valence-electron chi connectivity index (χ1n) is 5.48. The number of hydrogen-bond acceptors (Lipinski definition) is 4. The van der Waals surface area contributed by atoms with Crippen molar-refractivity contribution in [1.29, 1.82) is 0 Å². The molecule has 0 saturated heterocycles. The molecule has 0 aliphatic heterocycles. The molecular formula is C13H13NO3. The molecule has 1 aromatic rings. The monoisotopic (exact) mass is 231 g/mol. The van der Waals surface area contributed by atoms with Crippen molar-refractivity contribution in [1.82, 2.24) is 0 Å². The summed E-state index contributed by atoms with van der Waals surface area (Å²) in [5.74, 6) is 0.665. The number of carbonyl (C=O) groups excluding carboxylic acids is 2. The van der Waals surface area contributed by atoms with Gasteiger partial charge in [-0.05, 0) is 43.0 Å². The van der Waals surface area contributed by atoms with E-state index < -0.39 is 5.54 Å². The van der Waals surface area contributed by atoms with Gasteiger partial charge in [-0.25, -0.2) is 4.79 Å². The molecule has 1 fully saturated rings. The molecule has 0 bridgehead atoms. The van der Waals surface area contributed by atoms with Crippen LogP contribution in [0.1, 0.15) is 35.2 Å². The second-order valence-corrected chi connectivity index (χ2v) is 4.16. The van der Waals surface area contributed by atoms with Crippen LogP contribution in [-0.2, 0) is 10.3 Å². The van der Waals surface area contributed by atoms with Gasteiger partial charge in [-0.2, -0.15) is 4.99 Å². The van der Waals surface area contributed by atoms with Gasteiger partial charge in [0.25, 0.3) is 0 Å². The third kappa shape index (κ3) is 1.87. The van der Waals surface area contributed by atoms with Crippen molar-refractivity contribution >= 4 is 12.4 Å². The molecule has 88 valence electrons. The van der Waals surface area contributed by atoms with Crippen molar-refractivity contribution in [2.75, 3.05) is 7.11 Å². The fourth-order valence-corrected chi connectivity index (χ4v) is 2.21. The van der Waals surface area contributed by atoms with Crippen LogP contribution in [-0.4, -0.2) is 19.5 Å². The van der Waals surface area contributed by atoms with E-state index in [1.807, 2.05) is 0 Å². The third-order valence-corrected chi connectivity index (χ3v) is 3.33. The van der Waals surface area contributed by atoms with E-state index in [2.05, 4.69) is 4.99 Å². The lowest BCUT2D eigenvalue weighted by Crippen LogP contribution is -2.33. The zero-order chi connectivity index (χ0) is 12.3. The summed E-state index contributed by atoms with van der Waals surface area (Å²) >= 11 is 0. The Bertz CT molecular complexity index is 485. The van der Waals surface area contributed by atoms with Crippen molar-refractivity contribution < 1.29 is 14.3 Å². The van der Waals surface area contributed by atoms with Gasteiger partial charge in [0, 0.05) is 5.56 Å². The number of benzene rings is 1. The maximum atomic E-state index is 11.0. The normalized spacial score (nSPS) is 16.5. The van der Waals surface area contributed by atoms with Crippen LogP contribution in [0, 0.1) is 0 Å². The zero-order valence-corrected chi connectivity index (χ0v) is 9.60. The van der Waals surface area contributed by atoms with Gasteiger partial charge in [0.05, 0.1) is 12.6 Å². The summed E-state index contributed by atoms with van der Waals surface area (Å²) in [6.45, 7) is 0. The van der Waals surface area contributed by atoms with Crippen LogP contribution in [0.3, 0.4) is 0 Å². The highest BCUT2D eigenvalue weighted by molar-refractivity contribution is 5.78. The summed E-state index contributed by atoms with van der Waals surface area (Å²) in [5.41, 5.74) is 0.762. The number of carbonyl (C=O) groups is 1. The van der Waals surface area contributed by atoms with Crippen molar-refractivity contribution in [3.63, 3.8) is 0 Å². The second kappa shape index (κ2) is 4.52. The Hall–Kier alpha value is -1.93. The van der Waals surface area contributed by atoms with E-state index in [-0.39, 0.29) is 0 Å². The molecule has 4 heteroatoms. The van der Waals surface area contributed by atoms with Gasteiger partial charge >= 0.3 is 0 Å². The van der Waals surface area contributed by atoms with Gasteiger partial charge in [-0.1, -0.05) is 0 Å². The maximum Gasteiger partial charge on any atom is 0.235 e. The molecule has 1 aliphatic carbocycles. The number of hydrogen-bond donors (Lipinski definition) is 0. The van der Waals surface area contributed by atoms with Crippen molar-refractivity contribution in [2.24, 2.45) is 4.99 Å². The lowest BCUT2D eigenvalue weighted by Gasteiger charge is -2.37. The number of aldehydes is 1. The van der Waals surface area contributed by atoms with E-state index in [1.165, 1.54) is 0 Å². The first kappa shape index (κ1) is 11.6. The quantitative estimate of drug-likeness (QED) is 0.453. The Morgan fingerprint density at radius 3 is 2.71 bits per heavy atom. The molecule has 0 radical (unpaired) electrons. The average molecular weight is 231 g/mol. The number of methoxy groups -OCH3 is 1. The molecule has 2 rings (SSSR count). The van der Waals surface area contributed by atoms with E-state index in [0.29, 0.717) is 11.3 Å². The van der Waals surface area contributed by atoms with Gasteiger partial charge in [-0.15, -0.1) is 0 Å². The molecule has 0 heterocycles. The van der Waals surface area contributed by atoms with E-state index in [9.17, 15) is 9.59 Å². The Kier molecular flexibility index (Phi) is 3.07. The largest absolute Gasteiger partial charge is 0.497 e. The van der Waals surface area contributed by atoms with Crippen LogP contribution in [0.25, 0.3) is 0 Å². The number of aliphatic imine (C=N–C) groups is 1. The standard InChI is InChI=1S/C13H13NO3/c1-17-11-4-3-10(8-15)12(7-11)13(14-9-16)5-2-6-13/h3-4,7-8H,2,5-6H2,1H3. The minimum absolute atomic E-state index is 0.560. The van der Waals surface area contributed by atoms with E-state index >= 15 is 0 Å². The predicted molar refractivity (Wildman–Crippen MR) is 62.0 cm³/mol. The van der Waals surface area contributed by atoms with Crippen LogP contribution < -0.4 is 4.74 Å². The van der Waals surface area contributed by atoms with E-state index in [0.717, 1.165) is 31.1 Å². The molecule has 1 saturated carbocycles. The SMILES string of the molecule is COc1ccc(C=O)c(C2(N=C=O)CCC2)c1. The average Bonchev–Trinajstić information content (AvgIpc) is 2.33. The molecule has 1 aromatic carbocycles. The number of nitrogens with zero attached hydrogens (tertiary/aromatic N) is 1. The van der Waals surface area contributed by atoms with Crippen LogP contribution in [0.15, 0.2) is 23.2 Å². The van der Waals surface area contributed by atoms with Gasteiger partial charge in [0.15, 0.2) is 0 Å². The molecule has 4 nitrogen and oxygen atoms in total. The maximum absolute atomic E-state index is 11.0. The van der Waals surface area contributed by atoms with Crippen LogP contribution >= 0.6 is 0 Å². The third-order valence-electron chi connectivity index (χ3n) is 3.33. The topological polar surface area (TPSA) is 55.7 Å². The molecule has 0 amide bonds. The predicted octanol–water partition coefficient (Wildman–Crippen LogP) is 2.22. The summed E-state index contributed by atoms with van der Waals surface area (Å²) in [7, 11) is 1.57. The fourth-order valence-electron chi connectivity index (χ4n) is 2.21. The highest BCUT2D eigenvalue weighted by Crippen LogP contribution is 2.46. The highest BCUT2D eigenvalue weighted by atomic mass is 16.5. The molecule has 0 unspecified atom stereocenters. The molecular weight excluding hydrogens is 218 g/mol. The molecule has 0 atom stereocenters.